The largest absolute Gasteiger partial charge is 0.496 e. The van der Waals surface area contributed by atoms with Crippen LogP contribution >= 0.6 is 23.2 Å². The Balaban J connectivity index is 1.53. The summed E-state index contributed by atoms with van der Waals surface area (Å²) in [5.74, 6) is 1.13. The average molecular weight is 649 g/mol. The number of imidazole rings is 1. The molecule has 1 saturated heterocycles. The van der Waals surface area contributed by atoms with Crippen LogP contribution in [0, 0.1) is 0 Å². The third kappa shape index (κ3) is 5.50. The summed E-state index contributed by atoms with van der Waals surface area (Å²) < 4.78 is 24.6. The number of hydrogen-bond donors (Lipinski definition) is 1. The predicted molar refractivity (Wildman–Crippen MR) is 177 cm³/mol. The number of nitrogens with zero attached hydrogens (tertiary/aromatic N) is 4. The van der Waals surface area contributed by atoms with Crippen LogP contribution in [0.25, 0.3) is 38.9 Å². The van der Waals surface area contributed by atoms with Gasteiger partial charge in [0.25, 0.3) is 0 Å². The molecule has 0 unspecified atom stereocenters. The Kier molecular flexibility index (Phi) is 8.46. The van der Waals surface area contributed by atoms with Gasteiger partial charge in [-0.2, -0.15) is 0 Å². The number of ether oxygens (including phenoxy) is 4. The highest BCUT2D eigenvalue weighted by Crippen LogP contribution is 2.48. The van der Waals surface area contributed by atoms with E-state index in [-0.39, 0.29) is 12.0 Å². The number of methoxy groups -OCH3 is 3. The normalized spacial score (nSPS) is 14.9. The van der Waals surface area contributed by atoms with E-state index in [0.29, 0.717) is 80.7 Å². The van der Waals surface area contributed by atoms with Gasteiger partial charge in [0, 0.05) is 65.9 Å². The summed E-state index contributed by atoms with van der Waals surface area (Å²) >= 11 is 13.6. The van der Waals surface area contributed by atoms with Gasteiger partial charge < -0.3 is 29.2 Å². The molecular formula is C33H31Cl2N5O5. The first-order valence-corrected chi connectivity index (χ1v) is 14.9. The number of nitrogens with one attached hydrogen (secondary N) is 1. The average Bonchev–Trinajstić information content (AvgIpc) is 3.55. The minimum atomic E-state index is -0.320. The molecule has 10 nitrogen and oxygen atoms in total. The van der Waals surface area contributed by atoms with Gasteiger partial charge in [-0.05, 0) is 31.2 Å². The van der Waals surface area contributed by atoms with Gasteiger partial charge in [-0.15, -0.1) is 0 Å². The third-order valence-electron chi connectivity index (χ3n) is 7.81. The fourth-order valence-corrected chi connectivity index (χ4v) is 6.37. The van der Waals surface area contributed by atoms with Crippen LogP contribution in [-0.2, 0) is 9.53 Å². The zero-order valence-corrected chi connectivity index (χ0v) is 26.7. The van der Waals surface area contributed by atoms with Gasteiger partial charge in [0.2, 0.25) is 5.91 Å². The fraction of sp³-hybridized carbons (Fsp3) is 0.242. The molecule has 1 atom stereocenters. The van der Waals surface area contributed by atoms with E-state index in [9.17, 15) is 4.79 Å². The molecule has 5 aromatic rings. The maximum absolute atomic E-state index is 12.5. The summed E-state index contributed by atoms with van der Waals surface area (Å²) in [5, 5.41) is 4.46. The van der Waals surface area contributed by atoms with Crippen molar-refractivity contribution in [2.45, 2.75) is 13.0 Å². The second kappa shape index (κ2) is 12.5. The van der Waals surface area contributed by atoms with Gasteiger partial charge in [0.15, 0.2) is 0 Å². The van der Waals surface area contributed by atoms with E-state index in [1.165, 1.54) is 20.3 Å². The van der Waals surface area contributed by atoms with Crippen molar-refractivity contribution in [3.8, 4) is 39.6 Å². The Morgan fingerprint density at radius 3 is 2.42 bits per heavy atom. The van der Waals surface area contributed by atoms with Crippen LogP contribution in [0.1, 0.15) is 6.92 Å². The van der Waals surface area contributed by atoms with Crippen molar-refractivity contribution in [3.05, 3.63) is 71.6 Å². The molecule has 4 heterocycles. The van der Waals surface area contributed by atoms with Gasteiger partial charge >= 0.3 is 0 Å². The Morgan fingerprint density at radius 2 is 1.76 bits per heavy atom. The van der Waals surface area contributed by atoms with Gasteiger partial charge in [-0.25, -0.2) is 4.98 Å². The van der Waals surface area contributed by atoms with E-state index in [2.05, 4.69) is 21.8 Å². The minimum absolute atomic E-state index is 0.0415. The first-order chi connectivity index (χ1) is 21.8. The molecule has 2 aromatic carbocycles. The monoisotopic (exact) mass is 647 g/mol. The van der Waals surface area contributed by atoms with Gasteiger partial charge in [0.1, 0.15) is 22.9 Å². The highest BCUT2D eigenvalue weighted by molar-refractivity contribution is 6.41. The highest BCUT2D eigenvalue weighted by atomic mass is 35.5. The van der Waals surface area contributed by atoms with Crippen molar-refractivity contribution in [1.29, 1.82) is 0 Å². The molecule has 1 fully saturated rings. The summed E-state index contributed by atoms with van der Waals surface area (Å²) in [5.41, 5.74) is 5.46. The molecule has 1 aliphatic rings. The topological polar surface area (TPSA) is 99.5 Å². The first-order valence-electron chi connectivity index (χ1n) is 14.2. The molecule has 6 rings (SSSR count). The van der Waals surface area contributed by atoms with Crippen LogP contribution in [0.15, 0.2) is 61.6 Å². The van der Waals surface area contributed by atoms with E-state index in [0.717, 1.165) is 16.6 Å². The number of anilines is 2. The Labute approximate surface area is 270 Å². The van der Waals surface area contributed by atoms with Gasteiger partial charge in [0.05, 0.1) is 66.7 Å². The summed E-state index contributed by atoms with van der Waals surface area (Å²) in [7, 11) is 4.68. The number of amides is 1. The zero-order chi connectivity index (χ0) is 31.8. The van der Waals surface area contributed by atoms with E-state index in [1.807, 2.05) is 41.8 Å². The van der Waals surface area contributed by atoms with E-state index < -0.39 is 0 Å². The molecule has 0 spiro atoms. The standard InChI is InChI=1S/C33H31Cl2N5O5/c1-6-29(41)38-23-12-20(26(42-3)14-25(23)39-9-10-45-18(2)17-39)22-13-24-19(16-37-22)11-21(33-36-7-8-40(24)33)30-31(34)27(43-4)15-28(44-5)32(30)35/h6-8,11-16,18H,1,9-10,17H2,2-5H3,(H,38,41)/t18-/m0/s1. The molecule has 45 heavy (non-hydrogen) atoms. The van der Waals surface area contributed by atoms with Crippen LogP contribution < -0.4 is 24.4 Å². The molecule has 1 N–H and O–H groups in total. The lowest BCUT2D eigenvalue weighted by Gasteiger charge is -2.34. The first kappa shape index (κ1) is 30.5. The van der Waals surface area contributed by atoms with E-state index in [1.54, 1.807) is 25.6 Å². The van der Waals surface area contributed by atoms with Crippen LogP contribution in [0.4, 0.5) is 11.4 Å². The lowest BCUT2D eigenvalue weighted by atomic mass is 10.0. The Bertz CT molecular complexity index is 1930. The van der Waals surface area contributed by atoms with Crippen LogP contribution in [0.2, 0.25) is 10.0 Å². The van der Waals surface area contributed by atoms with Crippen molar-refractivity contribution >= 4 is 57.0 Å². The molecule has 1 aliphatic heterocycles. The van der Waals surface area contributed by atoms with Crippen molar-refractivity contribution < 1.29 is 23.7 Å². The minimum Gasteiger partial charge on any atom is -0.496 e. The van der Waals surface area contributed by atoms with Crippen LogP contribution in [-0.4, -0.2) is 67.4 Å². The van der Waals surface area contributed by atoms with E-state index >= 15 is 0 Å². The molecular weight excluding hydrogens is 617 g/mol. The molecule has 0 saturated carbocycles. The highest BCUT2D eigenvalue weighted by Gasteiger charge is 2.25. The van der Waals surface area contributed by atoms with Crippen molar-refractivity contribution in [1.82, 2.24) is 14.4 Å². The fourth-order valence-electron chi connectivity index (χ4n) is 5.67. The SMILES string of the molecule is C=CC(=O)Nc1cc(-c2cc3c(cn2)cc(-c2c(Cl)c(OC)cc(OC)c2Cl)c2nccn23)c(OC)cc1N1CCO[C@@H](C)C1. The number of carbonyl (C=O) groups is 1. The number of morpholine rings is 1. The van der Waals surface area contributed by atoms with Gasteiger partial charge in [-0.1, -0.05) is 29.8 Å². The second-order valence-electron chi connectivity index (χ2n) is 10.5. The number of benzene rings is 2. The number of halogens is 2. The number of aromatic nitrogens is 3. The van der Waals surface area contributed by atoms with Crippen LogP contribution in [0.5, 0.6) is 17.2 Å². The molecule has 12 heteroatoms. The quantitative estimate of drug-likeness (QED) is 0.182. The molecule has 1 amide bonds. The predicted octanol–water partition coefficient (Wildman–Crippen LogP) is 6.90. The summed E-state index contributed by atoms with van der Waals surface area (Å²) in [6.07, 6.45) is 6.62. The van der Waals surface area contributed by atoms with Crippen molar-refractivity contribution in [3.63, 3.8) is 0 Å². The molecule has 3 aromatic heterocycles. The third-order valence-corrected chi connectivity index (χ3v) is 8.57. The van der Waals surface area contributed by atoms with Crippen molar-refractivity contribution in [2.24, 2.45) is 0 Å². The van der Waals surface area contributed by atoms with Crippen LogP contribution in [0.3, 0.4) is 0 Å². The maximum Gasteiger partial charge on any atom is 0.247 e. The number of carbonyl (C=O) groups excluding carboxylic acids is 1. The summed E-state index contributed by atoms with van der Waals surface area (Å²) in [6, 6.07) is 9.35. The molecule has 0 radical (unpaired) electrons. The maximum atomic E-state index is 12.5. The lowest BCUT2D eigenvalue weighted by Crippen LogP contribution is -2.41. The van der Waals surface area contributed by atoms with E-state index in [4.69, 9.17) is 47.1 Å². The number of fused-ring (bicyclic) bond motifs is 3. The van der Waals surface area contributed by atoms with Gasteiger partial charge in [-0.3, -0.25) is 14.2 Å². The molecule has 232 valence electrons. The summed E-state index contributed by atoms with van der Waals surface area (Å²) in [6.45, 7) is 7.56. The Hall–Kier alpha value is -4.51. The molecule has 0 bridgehead atoms. The summed E-state index contributed by atoms with van der Waals surface area (Å²) in [4.78, 5) is 24.1. The second-order valence-corrected chi connectivity index (χ2v) is 11.2. The number of rotatable bonds is 8. The lowest BCUT2D eigenvalue weighted by molar-refractivity contribution is -0.111. The Morgan fingerprint density at radius 1 is 1.02 bits per heavy atom. The zero-order valence-electron chi connectivity index (χ0n) is 25.2. The van der Waals surface area contributed by atoms with Crippen molar-refractivity contribution in [2.75, 3.05) is 51.2 Å². The smallest absolute Gasteiger partial charge is 0.247 e. The number of pyridine rings is 2. The number of hydrogen-bond acceptors (Lipinski definition) is 8. The molecule has 0 aliphatic carbocycles.